The molecule has 3 aromatic rings. The lowest BCUT2D eigenvalue weighted by Gasteiger charge is -2.16. The molecule has 4 rings (SSSR count). The number of aromatic nitrogens is 4. The summed E-state index contributed by atoms with van der Waals surface area (Å²) in [5, 5.41) is 1.05. The molecule has 26 heavy (non-hydrogen) atoms. The van der Waals surface area contributed by atoms with E-state index in [4.69, 9.17) is 4.98 Å². The van der Waals surface area contributed by atoms with Crippen LogP contribution in [0.5, 0.6) is 0 Å². The van der Waals surface area contributed by atoms with E-state index >= 15 is 0 Å². The lowest BCUT2D eigenvalue weighted by Crippen LogP contribution is -2.15. The van der Waals surface area contributed by atoms with Crippen LogP contribution in [0.25, 0.3) is 5.65 Å². The lowest BCUT2D eigenvalue weighted by atomic mass is 10.2. The highest BCUT2D eigenvalue weighted by Crippen LogP contribution is 2.35. The first-order chi connectivity index (χ1) is 12.5. The molecule has 136 valence electrons. The van der Waals surface area contributed by atoms with Gasteiger partial charge in [-0.25, -0.2) is 9.97 Å². The van der Waals surface area contributed by atoms with E-state index in [9.17, 15) is 4.79 Å². The van der Waals surface area contributed by atoms with Gasteiger partial charge in [0.1, 0.15) is 5.65 Å². The second-order valence-electron chi connectivity index (χ2n) is 7.18. The Bertz CT molecular complexity index is 1010. The predicted molar refractivity (Wildman–Crippen MR) is 105 cm³/mol. The number of hydrogen-bond acceptors (Lipinski definition) is 4. The molecule has 1 aliphatic carbocycles. The maximum Gasteiger partial charge on any atom is 0.258 e. The largest absolute Gasteiger partial charge is 0.320 e. The monoisotopic (exact) mass is 368 g/mol. The summed E-state index contributed by atoms with van der Waals surface area (Å²) < 4.78 is 4.02. The van der Waals surface area contributed by atoms with Crippen molar-refractivity contribution >= 4 is 17.4 Å². The minimum absolute atomic E-state index is 0.0270. The Morgan fingerprint density at radius 2 is 1.92 bits per heavy atom. The van der Waals surface area contributed by atoms with Gasteiger partial charge >= 0.3 is 0 Å². The number of nitrogens with zero attached hydrogens (tertiary/aromatic N) is 4. The van der Waals surface area contributed by atoms with Crippen molar-refractivity contribution in [2.24, 2.45) is 0 Å². The fourth-order valence-electron chi connectivity index (χ4n) is 3.76. The van der Waals surface area contributed by atoms with Crippen molar-refractivity contribution in [3.8, 4) is 0 Å². The van der Waals surface area contributed by atoms with Gasteiger partial charge in [0.15, 0.2) is 5.16 Å². The highest BCUT2D eigenvalue weighted by Gasteiger charge is 2.23. The third-order valence-electron chi connectivity index (χ3n) is 5.25. The first-order valence-electron chi connectivity index (χ1n) is 9.20. The average molecular weight is 369 g/mol. The summed E-state index contributed by atoms with van der Waals surface area (Å²) in [7, 11) is 0. The summed E-state index contributed by atoms with van der Waals surface area (Å²) in [6.07, 6.45) is 6.90. The van der Waals surface area contributed by atoms with Crippen LogP contribution in [0.3, 0.4) is 0 Å². The van der Waals surface area contributed by atoms with E-state index < -0.39 is 0 Å². The van der Waals surface area contributed by atoms with E-state index in [0.717, 1.165) is 22.1 Å². The van der Waals surface area contributed by atoms with Gasteiger partial charge in [-0.1, -0.05) is 30.7 Å². The first kappa shape index (κ1) is 17.3. The molecule has 0 bridgehead atoms. The van der Waals surface area contributed by atoms with Crippen LogP contribution in [0.15, 0.2) is 34.3 Å². The number of fused-ring (bicyclic) bond motifs is 1. The van der Waals surface area contributed by atoms with Gasteiger partial charge in [0.25, 0.3) is 5.56 Å². The molecule has 0 N–H and O–H groups in total. The van der Waals surface area contributed by atoms with Crippen LogP contribution in [0.4, 0.5) is 0 Å². The van der Waals surface area contributed by atoms with Gasteiger partial charge < -0.3 is 4.57 Å². The first-order valence-corrected chi connectivity index (χ1v) is 10.2. The smallest absolute Gasteiger partial charge is 0.258 e. The quantitative estimate of drug-likeness (QED) is 0.647. The normalized spacial score (nSPS) is 15.2. The summed E-state index contributed by atoms with van der Waals surface area (Å²) in [6, 6.07) is 6.09. The van der Waals surface area contributed by atoms with Crippen molar-refractivity contribution in [2.45, 2.75) is 63.4 Å². The maximum absolute atomic E-state index is 12.4. The Morgan fingerprint density at radius 1 is 1.15 bits per heavy atom. The number of thioether (sulfide) groups is 1. The number of aryl methyl sites for hydroxylation is 2. The van der Waals surface area contributed by atoms with E-state index in [2.05, 4.69) is 23.4 Å². The molecule has 1 aliphatic rings. The van der Waals surface area contributed by atoms with E-state index in [1.165, 1.54) is 31.4 Å². The Morgan fingerprint density at radius 3 is 2.69 bits per heavy atom. The predicted octanol–water partition coefficient (Wildman–Crippen LogP) is 4.22. The molecule has 3 aromatic heterocycles. The lowest BCUT2D eigenvalue weighted by molar-refractivity contribution is 0.471. The van der Waals surface area contributed by atoms with Gasteiger partial charge in [0.2, 0.25) is 0 Å². The van der Waals surface area contributed by atoms with Crippen molar-refractivity contribution in [1.29, 1.82) is 0 Å². The van der Waals surface area contributed by atoms with Crippen LogP contribution < -0.4 is 5.56 Å². The fraction of sp³-hybridized carbons (Fsp3) is 0.450. The molecular weight excluding hydrogens is 344 g/mol. The van der Waals surface area contributed by atoms with Crippen molar-refractivity contribution in [2.75, 3.05) is 0 Å². The molecule has 0 atom stereocenters. The van der Waals surface area contributed by atoms with Gasteiger partial charge in [-0.15, -0.1) is 0 Å². The maximum atomic E-state index is 12.4. The molecule has 1 fully saturated rings. The summed E-state index contributed by atoms with van der Waals surface area (Å²) in [5.41, 5.74) is 4.89. The molecule has 6 heteroatoms. The van der Waals surface area contributed by atoms with Gasteiger partial charge in [0, 0.05) is 29.8 Å². The van der Waals surface area contributed by atoms with Crippen molar-refractivity contribution < 1.29 is 0 Å². The van der Waals surface area contributed by atoms with Crippen LogP contribution >= 0.6 is 11.8 Å². The van der Waals surface area contributed by atoms with E-state index in [1.807, 2.05) is 25.3 Å². The Hall–Kier alpha value is -2.08. The zero-order chi connectivity index (χ0) is 18.3. The zero-order valence-electron chi connectivity index (χ0n) is 15.5. The average Bonchev–Trinajstić information content (AvgIpc) is 3.22. The molecule has 0 amide bonds. The molecule has 0 unspecified atom stereocenters. The SMILES string of the molecule is Cc1ccc2nc(CSc3nc(C)c(C)n3C3CCCC3)cc(=O)n2c1. The number of pyridine rings is 1. The minimum atomic E-state index is -0.0270. The van der Waals surface area contributed by atoms with Crippen molar-refractivity contribution in [3.63, 3.8) is 0 Å². The standard InChI is InChI=1S/C20H24N4OS/c1-13-8-9-18-22-16(10-19(25)23(18)11-13)12-26-20-21-14(2)15(3)24(20)17-6-4-5-7-17/h8-11,17H,4-7,12H2,1-3H3. The van der Waals surface area contributed by atoms with Crippen LogP contribution in [0.1, 0.15) is 54.4 Å². The fourth-order valence-corrected chi connectivity index (χ4v) is 4.81. The van der Waals surface area contributed by atoms with Gasteiger partial charge in [-0.3, -0.25) is 9.20 Å². The third kappa shape index (κ3) is 3.18. The van der Waals surface area contributed by atoms with Gasteiger partial charge in [-0.2, -0.15) is 0 Å². The molecule has 0 aliphatic heterocycles. The molecular formula is C20H24N4OS. The summed E-state index contributed by atoms with van der Waals surface area (Å²) >= 11 is 1.68. The number of rotatable bonds is 4. The second-order valence-corrected chi connectivity index (χ2v) is 8.13. The van der Waals surface area contributed by atoms with Crippen molar-refractivity contribution in [1.82, 2.24) is 18.9 Å². The van der Waals surface area contributed by atoms with Gasteiger partial charge in [-0.05, 0) is 45.2 Å². The molecule has 0 radical (unpaired) electrons. The Kier molecular flexibility index (Phi) is 4.61. The molecule has 1 saturated carbocycles. The highest BCUT2D eigenvalue weighted by molar-refractivity contribution is 7.98. The van der Waals surface area contributed by atoms with E-state index in [1.54, 1.807) is 22.2 Å². The highest BCUT2D eigenvalue weighted by atomic mass is 32.2. The van der Waals surface area contributed by atoms with E-state index in [0.29, 0.717) is 17.4 Å². The van der Waals surface area contributed by atoms with Crippen LogP contribution in [-0.4, -0.2) is 18.9 Å². The number of hydrogen-bond donors (Lipinski definition) is 0. The number of imidazole rings is 1. The van der Waals surface area contributed by atoms with Crippen molar-refractivity contribution in [3.05, 3.63) is 57.4 Å². The van der Waals surface area contributed by atoms with Crippen LogP contribution in [0.2, 0.25) is 0 Å². The molecule has 5 nitrogen and oxygen atoms in total. The molecule has 0 saturated heterocycles. The third-order valence-corrected chi connectivity index (χ3v) is 6.24. The van der Waals surface area contributed by atoms with E-state index in [-0.39, 0.29) is 5.56 Å². The minimum Gasteiger partial charge on any atom is -0.320 e. The van der Waals surface area contributed by atoms with Crippen LogP contribution in [0, 0.1) is 20.8 Å². The molecule has 0 spiro atoms. The zero-order valence-corrected chi connectivity index (χ0v) is 16.3. The summed E-state index contributed by atoms with van der Waals surface area (Å²) in [4.78, 5) is 21.8. The Labute approximate surface area is 157 Å². The Balaban J connectivity index is 1.62. The van der Waals surface area contributed by atoms with Crippen LogP contribution in [-0.2, 0) is 5.75 Å². The summed E-state index contributed by atoms with van der Waals surface area (Å²) in [6.45, 7) is 6.21. The molecule has 0 aromatic carbocycles. The van der Waals surface area contributed by atoms with Gasteiger partial charge in [0.05, 0.1) is 11.4 Å². The molecule has 3 heterocycles. The summed E-state index contributed by atoms with van der Waals surface area (Å²) in [5.74, 6) is 0.655. The second kappa shape index (κ2) is 6.91. The topological polar surface area (TPSA) is 52.2 Å².